The zero-order chi connectivity index (χ0) is 13.5. The maximum absolute atomic E-state index is 11.9. The number of hydrogen-bond donors (Lipinski definition) is 1. The Morgan fingerprint density at radius 2 is 2.11 bits per heavy atom. The summed E-state index contributed by atoms with van der Waals surface area (Å²) in [5, 5.41) is 9.78. The van der Waals surface area contributed by atoms with Gasteiger partial charge in [-0.05, 0) is 38.4 Å². The van der Waals surface area contributed by atoms with E-state index in [1.807, 2.05) is 0 Å². The molecule has 0 aromatic carbocycles. The second-order valence-corrected chi connectivity index (χ2v) is 5.06. The zero-order valence-corrected chi connectivity index (χ0v) is 10.9. The van der Waals surface area contributed by atoms with Crippen molar-refractivity contribution in [2.45, 2.75) is 26.4 Å². The Balaban J connectivity index is 2.49. The molecule has 1 N–H and O–H groups in total. The molecule has 0 bridgehead atoms. The molecule has 96 valence electrons. The Kier molecular flexibility index (Phi) is 2.90. The lowest BCUT2D eigenvalue weighted by atomic mass is 10.2. The van der Waals surface area contributed by atoms with Crippen LogP contribution in [0.1, 0.15) is 20.8 Å². The minimum Gasteiger partial charge on any atom is -0.493 e. The average Bonchev–Trinajstić information content (AvgIpc) is 2.58. The lowest BCUT2D eigenvalue weighted by molar-refractivity contribution is 0.0543. The fourth-order valence-corrected chi connectivity index (χ4v) is 1.59. The van der Waals surface area contributed by atoms with Crippen molar-refractivity contribution in [2.75, 3.05) is 0 Å². The summed E-state index contributed by atoms with van der Waals surface area (Å²) in [6.07, 6.45) is 0.857. The van der Waals surface area contributed by atoms with E-state index in [2.05, 4.69) is 9.97 Å². The molecule has 2 aromatic rings. The highest BCUT2D eigenvalue weighted by Gasteiger charge is 2.20. The van der Waals surface area contributed by atoms with Crippen LogP contribution in [-0.4, -0.2) is 31.3 Å². The summed E-state index contributed by atoms with van der Waals surface area (Å²) >= 11 is 5.64. The van der Waals surface area contributed by atoms with Crippen LogP contribution in [0.3, 0.4) is 0 Å². The van der Waals surface area contributed by atoms with Crippen LogP contribution in [0, 0.1) is 0 Å². The van der Waals surface area contributed by atoms with Crippen molar-refractivity contribution in [3.63, 3.8) is 0 Å². The van der Waals surface area contributed by atoms with Crippen LogP contribution >= 0.6 is 11.6 Å². The van der Waals surface area contributed by atoms with Gasteiger partial charge in [0.05, 0.1) is 5.39 Å². The number of aromatic nitrogens is 3. The molecular weight excluding hydrogens is 258 g/mol. The molecule has 0 radical (unpaired) electrons. The molecule has 0 aliphatic heterocycles. The van der Waals surface area contributed by atoms with Gasteiger partial charge >= 0.3 is 6.09 Å². The Bertz CT molecular complexity index is 616. The van der Waals surface area contributed by atoms with Crippen LogP contribution in [0.15, 0.2) is 12.3 Å². The molecule has 2 heterocycles. The Morgan fingerprint density at radius 3 is 2.72 bits per heavy atom. The van der Waals surface area contributed by atoms with Gasteiger partial charge in [-0.1, -0.05) is 0 Å². The van der Waals surface area contributed by atoms with Crippen LogP contribution in [-0.2, 0) is 4.74 Å². The highest BCUT2D eigenvalue weighted by atomic mass is 35.5. The van der Waals surface area contributed by atoms with Gasteiger partial charge < -0.3 is 9.84 Å². The Morgan fingerprint density at radius 1 is 1.44 bits per heavy atom. The fourth-order valence-electron chi connectivity index (χ4n) is 1.43. The monoisotopic (exact) mass is 269 g/mol. The quantitative estimate of drug-likeness (QED) is 0.744. The number of rotatable bonds is 0. The molecule has 0 amide bonds. The number of carbonyl (C=O) groups is 1. The van der Waals surface area contributed by atoms with Crippen molar-refractivity contribution >= 4 is 28.7 Å². The summed E-state index contributed by atoms with van der Waals surface area (Å²) in [7, 11) is 0. The summed E-state index contributed by atoms with van der Waals surface area (Å²) in [4.78, 5) is 19.4. The fraction of sp³-hybridized carbons (Fsp3) is 0.364. The van der Waals surface area contributed by atoms with Gasteiger partial charge in [0.25, 0.3) is 0 Å². The molecule has 18 heavy (non-hydrogen) atoms. The number of nitrogens with zero attached hydrogens (tertiary/aromatic N) is 3. The van der Waals surface area contributed by atoms with Crippen LogP contribution < -0.4 is 0 Å². The summed E-state index contributed by atoms with van der Waals surface area (Å²) < 4.78 is 6.38. The van der Waals surface area contributed by atoms with Gasteiger partial charge in [-0.2, -0.15) is 9.97 Å². The van der Waals surface area contributed by atoms with E-state index >= 15 is 0 Å². The van der Waals surface area contributed by atoms with E-state index in [0.29, 0.717) is 5.39 Å². The van der Waals surface area contributed by atoms with Gasteiger partial charge in [0.15, 0.2) is 5.65 Å². The molecule has 0 saturated carbocycles. The highest BCUT2D eigenvalue weighted by molar-refractivity contribution is 6.28. The average molecular weight is 270 g/mol. The van der Waals surface area contributed by atoms with Crippen molar-refractivity contribution in [3.05, 3.63) is 17.5 Å². The predicted octanol–water partition coefficient (Wildman–Crippen LogP) is 2.57. The van der Waals surface area contributed by atoms with Gasteiger partial charge in [-0.15, -0.1) is 0 Å². The number of halogens is 1. The maximum Gasteiger partial charge on any atom is 0.420 e. The number of fused-ring (bicyclic) bond motifs is 1. The standard InChI is InChI=1S/C11H12ClN3O3/c1-11(2,3)18-10(17)15-5-4-6-7(15)13-9(12)14-8(6)16/h4-5H,1-3H3,(H,13,14,16). The summed E-state index contributed by atoms with van der Waals surface area (Å²) in [5.74, 6) is -0.271. The molecule has 6 nitrogen and oxygen atoms in total. The third kappa shape index (κ3) is 2.38. The van der Waals surface area contributed by atoms with Crippen molar-refractivity contribution in [3.8, 4) is 5.88 Å². The maximum atomic E-state index is 11.9. The SMILES string of the molecule is CC(C)(C)OC(=O)n1ccc2c(O)nc(Cl)nc21. The van der Waals surface area contributed by atoms with Crippen LogP contribution in [0.25, 0.3) is 11.0 Å². The minimum absolute atomic E-state index is 0.136. The van der Waals surface area contributed by atoms with Crippen LogP contribution in [0.5, 0.6) is 5.88 Å². The van der Waals surface area contributed by atoms with Crippen molar-refractivity contribution in [1.29, 1.82) is 0 Å². The topological polar surface area (TPSA) is 77.2 Å². The molecule has 0 saturated heterocycles. The van der Waals surface area contributed by atoms with E-state index in [-0.39, 0.29) is 16.8 Å². The third-order valence-electron chi connectivity index (χ3n) is 2.09. The molecule has 0 aliphatic carbocycles. The lowest BCUT2D eigenvalue weighted by Gasteiger charge is -2.19. The first-order valence-electron chi connectivity index (χ1n) is 5.25. The minimum atomic E-state index is -0.619. The molecule has 0 spiro atoms. The number of aromatic hydroxyl groups is 1. The Labute approximate surface area is 108 Å². The number of ether oxygens (including phenoxy) is 1. The highest BCUT2D eigenvalue weighted by Crippen LogP contribution is 2.24. The number of carbonyl (C=O) groups excluding carboxylic acids is 1. The molecule has 0 fully saturated rings. The lowest BCUT2D eigenvalue weighted by Crippen LogP contribution is -2.26. The van der Waals surface area contributed by atoms with E-state index in [0.717, 1.165) is 0 Å². The molecule has 0 unspecified atom stereocenters. The van der Waals surface area contributed by atoms with Gasteiger partial charge in [0.1, 0.15) is 5.60 Å². The molecular formula is C11H12ClN3O3. The predicted molar refractivity (Wildman–Crippen MR) is 65.8 cm³/mol. The van der Waals surface area contributed by atoms with Gasteiger partial charge in [0, 0.05) is 6.20 Å². The molecule has 0 aliphatic rings. The van der Waals surface area contributed by atoms with Gasteiger partial charge in [0.2, 0.25) is 11.2 Å². The summed E-state index contributed by atoms with van der Waals surface area (Å²) in [6, 6.07) is 1.52. The molecule has 0 atom stereocenters. The second-order valence-electron chi connectivity index (χ2n) is 4.72. The largest absolute Gasteiger partial charge is 0.493 e. The van der Waals surface area contributed by atoms with Gasteiger partial charge in [-0.3, -0.25) is 0 Å². The van der Waals surface area contributed by atoms with Crippen molar-refractivity contribution in [1.82, 2.24) is 14.5 Å². The molecule has 7 heteroatoms. The van der Waals surface area contributed by atoms with E-state index < -0.39 is 11.7 Å². The van der Waals surface area contributed by atoms with Crippen LogP contribution in [0.4, 0.5) is 4.79 Å². The summed E-state index contributed by atoms with van der Waals surface area (Å²) in [5.41, 5.74) is -0.409. The van der Waals surface area contributed by atoms with E-state index in [1.165, 1.54) is 16.8 Å². The van der Waals surface area contributed by atoms with Crippen molar-refractivity contribution < 1.29 is 14.6 Å². The zero-order valence-electron chi connectivity index (χ0n) is 10.1. The summed E-state index contributed by atoms with van der Waals surface area (Å²) in [6.45, 7) is 5.28. The molecule has 2 rings (SSSR count). The normalized spacial score (nSPS) is 11.8. The van der Waals surface area contributed by atoms with Crippen LogP contribution in [0.2, 0.25) is 5.28 Å². The van der Waals surface area contributed by atoms with E-state index in [1.54, 1.807) is 20.8 Å². The van der Waals surface area contributed by atoms with Crippen molar-refractivity contribution in [2.24, 2.45) is 0 Å². The smallest absolute Gasteiger partial charge is 0.420 e. The first-order chi connectivity index (χ1) is 8.28. The van der Waals surface area contributed by atoms with Gasteiger partial charge in [-0.25, -0.2) is 9.36 Å². The first kappa shape index (κ1) is 12.6. The van der Waals surface area contributed by atoms with E-state index in [9.17, 15) is 9.90 Å². The second kappa shape index (κ2) is 4.13. The third-order valence-corrected chi connectivity index (χ3v) is 2.26. The number of hydrogen-bond acceptors (Lipinski definition) is 5. The Hall–Kier alpha value is -1.82. The van der Waals surface area contributed by atoms with E-state index in [4.69, 9.17) is 16.3 Å². The first-order valence-corrected chi connectivity index (χ1v) is 5.62. The molecule has 2 aromatic heterocycles.